The fourth-order valence-corrected chi connectivity index (χ4v) is 6.09. The maximum absolute atomic E-state index is 12.3. The molecule has 0 aromatic heterocycles. The second-order valence-corrected chi connectivity index (χ2v) is 9.84. The van der Waals surface area contributed by atoms with Crippen LogP contribution in [0.25, 0.3) is 0 Å². The van der Waals surface area contributed by atoms with Gasteiger partial charge in [-0.2, -0.15) is 0 Å². The van der Waals surface area contributed by atoms with Crippen molar-refractivity contribution in [2.75, 3.05) is 18.1 Å². The molecule has 1 heterocycles. The van der Waals surface area contributed by atoms with Gasteiger partial charge in [-0.05, 0) is 37.7 Å². The lowest BCUT2D eigenvalue weighted by atomic mass is 9.78. The van der Waals surface area contributed by atoms with Gasteiger partial charge in [0.1, 0.15) is 0 Å². The minimum Gasteiger partial charge on any atom is -0.355 e. The topological polar surface area (TPSA) is 63.2 Å². The Kier molecular flexibility index (Phi) is 5.00. The molecule has 1 amide bonds. The largest absolute Gasteiger partial charge is 0.355 e. The summed E-state index contributed by atoms with van der Waals surface area (Å²) in [5, 5.41) is 3.10. The summed E-state index contributed by atoms with van der Waals surface area (Å²) < 4.78 is 23.1. The predicted octanol–water partition coefficient (Wildman–Crippen LogP) is 2.75. The molecule has 4 nitrogen and oxygen atoms in total. The molecule has 5 heteroatoms. The molecular weight excluding hydrogens is 322 g/mol. The van der Waals surface area contributed by atoms with E-state index in [4.69, 9.17) is 0 Å². The molecule has 1 N–H and O–H groups in total. The lowest BCUT2D eigenvalue weighted by Crippen LogP contribution is -2.39. The van der Waals surface area contributed by atoms with Crippen LogP contribution in [-0.2, 0) is 20.0 Å². The van der Waals surface area contributed by atoms with E-state index < -0.39 is 9.84 Å². The zero-order valence-electron chi connectivity index (χ0n) is 14.4. The first-order valence-corrected chi connectivity index (χ1v) is 10.8. The first kappa shape index (κ1) is 17.5. The van der Waals surface area contributed by atoms with Crippen molar-refractivity contribution in [2.45, 2.75) is 50.9 Å². The number of amides is 1. The summed E-state index contributed by atoms with van der Waals surface area (Å²) in [4.78, 5) is 12.3. The van der Waals surface area contributed by atoms with Gasteiger partial charge in [0.2, 0.25) is 5.91 Å². The Bertz CT molecular complexity index is 705. The zero-order chi connectivity index (χ0) is 17.2. The predicted molar refractivity (Wildman–Crippen MR) is 95.7 cm³/mol. The number of aryl methyl sites for hydroxylation is 1. The number of sulfone groups is 1. The van der Waals surface area contributed by atoms with E-state index >= 15 is 0 Å². The minimum absolute atomic E-state index is 0.00368. The Morgan fingerprint density at radius 1 is 1.29 bits per heavy atom. The summed E-state index contributed by atoms with van der Waals surface area (Å²) in [6.45, 7) is 2.76. The van der Waals surface area contributed by atoms with Gasteiger partial charge < -0.3 is 5.32 Å². The van der Waals surface area contributed by atoms with Gasteiger partial charge in [0, 0.05) is 18.4 Å². The van der Waals surface area contributed by atoms with Crippen LogP contribution in [0.2, 0.25) is 0 Å². The standard InChI is InChI=1S/C19H27NO3S/c1-15-5-4-6-17(11-15)19(8-2-3-9-19)14-20-18(21)12-16-7-10-24(22,23)13-16/h4-6,11,16H,2-3,7-10,12-14H2,1H3,(H,20,21)/t16-/m1/s1. The molecule has 1 aromatic rings. The fraction of sp³-hybridized carbons (Fsp3) is 0.632. The second kappa shape index (κ2) is 6.87. The SMILES string of the molecule is Cc1cccc(C2(CNC(=O)C[C@H]3CCS(=O)(=O)C3)CCCC2)c1. The van der Waals surface area contributed by atoms with Crippen LogP contribution in [0.1, 0.15) is 49.7 Å². The smallest absolute Gasteiger partial charge is 0.220 e. The maximum Gasteiger partial charge on any atom is 0.220 e. The highest BCUT2D eigenvalue weighted by Gasteiger charge is 2.36. The van der Waals surface area contributed by atoms with E-state index in [1.807, 2.05) is 0 Å². The van der Waals surface area contributed by atoms with Crippen LogP contribution >= 0.6 is 0 Å². The Balaban J connectivity index is 1.61. The molecule has 0 unspecified atom stereocenters. The Morgan fingerprint density at radius 2 is 2.04 bits per heavy atom. The molecule has 1 atom stereocenters. The molecule has 1 saturated carbocycles. The molecule has 132 valence electrons. The van der Waals surface area contributed by atoms with Gasteiger partial charge >= 0.3 is 0 Å². The highest BCUT2D eigenvalue weighted by Crippen LogP contribution is 2.40. The minimum atomic E-state index is -2.91. The monoisotopic (exact) mass is 349 g/mol. The van der Waals surface area contributed by atoms with Crippen LogP contribution in [0.4, 0.5) is 0 Å². The van der Waals surface area contributed by atoms with Crippen LogP contribution in [0.3, 0.4) is 0 Å². The molecule has 1 aliphatic carbocycles. The van der Waals surface area contributed by atoms with Crippen LogP contribution in [0.5, 0.6) is 0 Å². The van der Waals surface area contributed by atoms with Crippen LogP contribution < -0.4 is 5.32 Å². The third kappa shape index (κ3) is 4.00. The molecule has 2 aliphatic rings. The average Bonchev–Trinajstić information content (AvgIpc) is 3.13. The van der Waals surface area contributed by atoms with Crippen molar-refractivity contribution in [3.8, 4) is 0 Å². The van der Waals surface area contributed by atoms with E-state index in [-0.39, 0.29) is 28.7 Å². The Labute approximate surface area is 145 Å². The summed E-state index contributed by atoms with van der Waals surface area (Å²) in [5.74, 6) is 0.395. The average molecular weight is 349 g/mol. The molecule has 0 spiro atoms. The first-order chi connectivity index (χ1) is 11.4. The van der Waals surface area contributed by atoms with E-state index in [2.05, 4.69) is 36.5 Å². The van der Waals surface area contributed by atoms with E-state index in [0.29, 0.717) is 19.4 Å². The molecular formula is C19H27NO3S. The van der Waals surface area contributed by atoms with Crippen molar-refractivity contribution in [1.82, 2.24) is 5.32 Å². The number of carbonyl (C=O) groups excluding carboxylic acids is 1. The number of carbonyl (C=O) groups is 1. The quantitative estimate of drug-likeness (QED) is 0.889. The number of rotatable bonds is 5. The fourth-order valence-electron chi connectivity index (χ4n) is 4.23. The summed E-state index contributed by atoms with van der Waals surface area (Å²) in [6.07, 6.45) is 5.57. The highest BCUT2D eigenvalue weighted by molar-refractivity contribution is 7.91. The molecule has 3 rings (SSSR count). The van der Waals surface area contributed by atoms with Gasteiger partial charge in [-0.15, -0.1) is 0 Å². The van der Waals surface area contributed by atoms with E-state index in [0.717, 1.165) is 12.8 Å². The summed E-state index contributed by atoms with van der Waals surface area (Å²) in [7, 11) is -2.91. The number of benzene rings is 1. The second-order valence-electron chi connectivity index (χ2n) is 7.61. The van der Waals surface area contributed by atoms with Gasteiger partial charge in [-0.1, -0.05) is 42.7 Å². The van der Waals surface area contributed by atoms with Gasteiger partial charge in [-0.25, -0.2) is 8.42 Å². The van der Waals surface area contributed by atoms with Crippen LogP contribution in [-0.4, -0.2) is 32.4 Å². The first-order valence-electron chi connectivity index (χ1n) is 8.93. The Morgan fingerprint density at radius 3 is 2.67 bits per heavy atom. The van der Waals surface area contributed by atoms with Crippen molar-refractivity contribution in [3.63, 3.8) is 0 Å². The molecule has 1 aliphatic heterocycles. The van der Waals surface area contributed by atoms with Crippen LogP contribution in [0.15, 0.2) is 24.3 Å². The normalized spacial score (nSPS) is 24.8. The van der Waals surface area contributed by atoms with Crippen molar-refractivity contribution >= 4 is 15.7 Å². The number of hydrogen-bond donors (Lipinski definition) is 1. The number of nitrogens with one attached hydrogen (secondary N) is 1. The van der Waals surface area contributed by atoms with E-state index in [9.17, 15) is 13.2 Å². The van der Waals surface area contributed by atoms with Crippen molar-refractivity contribution in [1.29, 1.82) is 0 Å². The van der Waals surface area contributed by atoms with Gasteiger partial charge in [0.25, 0.3) is 0 Å². The maximum atomic E-state index is 12.3. The van der Waals surface area contributed by atoms with Crippen molar-refractivity contribution in [2.24, 2.45) is 5.92 Å². The zero-order valence-corrected chi connectivity index (χ0v) is 15.2. The van der Waals surface area contributed by atoms with Gasteiger partial charge in [0.05, 0.1) is 11.5 Å². The third-order valence-corrected chi connectivity index (χ3v) is 7.45. The summed E-state index contributed by atoms with van der Waals surface area (Å²) in [5.41, 5.74) is 2.62. The molecule has 0 radical (unpaired) electrons. The number of hydrogen-bond acceptors (Lipinski definition) is 3. The highest BCUT2D eigenvalue weighted by atomic mass is 32.2. The third-order valence-electron chi connectivity index (χ3n) is 5.62. The molecule has 2 fully saturated rings. The lowest BCUT2D eigenvalue weighted by molar-refractivity contribution is -0.122. The van der Waals surface area contributed by atoms with Crippen molar-refractivity contribution < 1.29 is 13.2 Å². The molecule has 24 heavy (non-hydrogen) atoms. The lowest BCUT2D eigenvalue weighted by Gasteiger charge is -2.30. The molecule has 1 aromatic carbocycles. The van der Waals surface area contributed by atoms with Gasteiger partial charge in [-0.3, -0.25) is 4.79 Å². The van der Waals surface area contributed by atoms with Gasteiger partial charge in [0.15, 0.2) is 9.84 Å². The van der Waals surface area contributed by atoms with Crippen molar-refractivity contribution in [3.05, 3.63) is 35.4 Å². The van der Waals surface area contributed by atoms with Crippen LogP contribution in [0, 0.1) is 12.8 Å². The Hall–Kier alpha value is -1.36. The van der Waals surface area contributed by atoms with E-state index in [1.54, 1.807) is 0 Å². The molecule has 1 saturated heterocycles. The van der Waals surface area contributed by atoms with E-state index in [1.165, 1.54) is 24.0 Å². The summed E-state index contributed by atoms with van der Waals surface area (Å²) >= 11 is 0. The molecule has 0 bridgehead atoms. The summed E-state index contributed by atoms with van der Waals surface area (Å²) in [6, 6.07) is 8.61.